The Bertz CT molecular complexity index is 355. The predicted octanol–water partition coefficient (Wildman–Crippen LogP) is 2.16. The lowest BCUT2D eigenvalue weighted by Gasteiger charge is -1.95. The fourth-order valence-corrected chi connectivity index (χ4v) is 1.13. The third kappa shape index (κ3) is 1.75. The van der Waals surface area contributed by atoms with Crippen LogP contribution in [-0.4, -0.2) is 11.8 Å². The highest BCUT2D eigenvalue weighted by atomic mass is 14.9. The number of hydrogen-bond acceptors (Lipinski definition) is 2. The molecule has 2 nitrogen and oxygen atoms in total. The SMILES string of the molecule is N#CC1(N=Cc2ccccc2)CC1. The summed E-state index contributed by atoms with van der Waals surface area (Å²) in [6.07, 6.45) is 3.61. The van der Waals surface area contributed by atoms with Crippen LogP contribution in [0.4, 0.5) is 0 Å². The first-order valence-corrected chi connectivity index (χ1v) is 4.36. The van der Waals surface area contributed by atoms with Gasteiger partial charge in [-0.25, -0.2) is 0 Å². The second-order valence-electron chi connectivity index (χ2n) is 3.31. The monoisotopic (exact) mass is 170 g/mol. The Balaban J connectivity index is 2.11. The molecule has 0 aliphatic heterocycles. The van der Waals surface area contributed by atoms with Crippen molar-refractivity contribution in [3.05, 3.63) is 35.9 Å². The van der Waals surface area contributed by atoms with Crippen LogP contribution in [0.3, 0.4) is 0 Å². The number of nitrogens with zero attached hydrogens (tertiary/aromatic N) is 2. The summed E-state index contributed by atoms with van der Waals surface area (Å²) in [4.78, 5) is 4.27. The third-order valence-corrected chi connectivity index (χ3v) is 2.19. The number of hydrogen-bond donors (Lipinski definition) is 0. The van der Waals surface area contributed by atoms with Crippen LogP contribution in [0, 0.1) is 11.3 Å². The van der Waals surface area contributed by atoms with Crippen molar-refractivity contribution in [2.24, 2.45) is 4.99 Å². The Morgan fingerprint density at radius 2 is 2.00 bits per heavy atom. The standard InChI is InChI=1S/C11H10N2/c12-9-11(6-7-11)13-8-10-4-2-1-3-5-10/h1-5,8H,6-7H2. The van der Waals surface area contributed by atoms with Crippen molar-refractivity contribution in [1.29, 1.82) is 5.26 Å². The third-order valence-electron chi connectivity index (χ3n) is 2.19. The summed E-state index contributed by atoms with van der Waals surface area (Å²) in [7, 11) is 0. The predicted molar refractivity (Wildman–Crippen MR) is 51.6 cm³/mol. The van der Waals surface area contributed by atoms with E-state index in [1.54, 1.807) is 6.21 Å². The molecule has 0 saturated heterocycles. The number of aliphatic imine (C=N–C) groups is 1. The van der Waals surface area contributed by atoms with Gasteiger partial charge in [0.2, 0.25) is 0 Å². The van der Waals surface area contributed by atoms with Crippen molar-refractivity contribution < 1.29 is 0 Å². The molecule has 64 valence electrons. The molecule has 1 aromatic rings. The van der Waals surface area contributed by atoms with E-state index in [2.05, 4.69) is 11.1 Å². The zero-order valence-corrected chi connectivity index (χ0v) is 7.27. The van der Waals surface area contributed by atoms with Gasteiger partial charge in [0.1, 0.15) is 5.54 Å². The maximum absolute atomic E-state index is 8.77. The number of rotatable bonds is 2. The summed E-state index contributed by atoms with van der Waals surface area (Å²) in [6.45, 7) is 0. The number of benzene rings is 1. The highest BCUT2D eigenvalue weighted by molar-refractivity contribution is 5.80. The molecule has 0 bridgehead atoms. The Labute approximate surface area is 77.5 Å². The van der Waals surface area contributed by atoms with Crippen LogP contribution in [0.2, 0.25) is 0 Å². The molecule has 0 heterocycles. The molecule has 0 amide bonds. The molecular weight excluding hydrogens is 160 g/mol. The van der Waals surface area contributed by atoms with Crippen LogP contribution in [-0.2, 0) is 0 Å². The van der Waals surface area contributed by atoms with Crippen LogP contribution in [0.5, 0.6) is 0 Å². The van der Waals surface area contributed by atoms with E-state index in [1.165, 1.54) is 0 Å². The molecule has 1 saturated carbocycles. The quantitative estimate of drug-likeness (QED) is 0.626. The topological polar surface area (TPSA) is 36.1 Å². The van der Waals surface area contributed by atoms with Crippen molar-refractivity contribution in [3.8, 4) is 6.07 Å². The van der Waals surface area contributed by atoms with Gasteiger partial charge in [0, 0.05) is 6.21 Å². The molecule has 1 aliphatic rings. The molecule has 1 aromatic carbocycles. The maximum atomic E-state index is 8.77. The van der Waals surface area contributed by atoms with Crippen molar-refractivity contribution >= 4 is 6.21 Å². The Kier molecular flexibility index (Phi) is 1.86. The fourth-order valence-electron chi connectivity index (χ4n) is 1.13. The summed E-state index contributed by atoms with van der Waals surface area (Å²) < 4.78 is 0. The van der Waals surface area contributed by atoms with E-state index in [9.17, 15) is 0 Å². The Morgan fingerprint density at radius 3 is 2.54 bits per heavy atom. The molecular formula is C11H10N2. The van der Waals surface area contributed by atoms with E-state index in [-0.39, 0.29) is 5.54 Å². The Morgan fingerprint density at radius 1 is 1.31 bits per heavy atom. The van der Waals surface area contributed by atoms with Crippen molar-refractivity contribution in [3.63, 3.8) is 0 Å². The molecule has 1 fully saturated rings. The van der Waals surface area contributed by atoms with Crippen molar-refractivity contribution in [1.82, 2.24) is 0 Å². The lowest BCUT2D eigenvalue weighted by atomic mass is 10.2. The van der Waals surface area contributed by atoms with Gasteiger partial charge in [0.05, 0.1) is 6.07 Å². The van der Waals surface area contributed by atoms with E-state index < -0.39 is 0 Å². The van der Waals surface area contributed by atoms with E-state index in [0.29, 0.717) is 0 Å². The van der Waals surface area contributed by atoms with Gasteiger partial charge in [-0.1, -0.05) is 30.3 Å². The van der Waals surface area contributed by atoms with Crippen LogP contribution >= 0.6 is 0 Å². The van der Waals surface area contributed by atoms with Gasteiger partial charge in [0.25, 0.3) is 0 Å². The minimum atomic E-state index is -0.379. The van der Waals surface area contributed by atoms with Gasteiger partial charge >= 0.3 is 0 Å². The molecule has 0 aromatic heterocycles. The van der Waals surface area contributed by atoms with Crippen molar-refractivity contribution in [2.45, 2.75) is 18.4 Å². The van der Waals surface area contributed by atoms with Crippen molar-refractivity contribution in [2.75, 3.05) is 0 Å². The minimum Gasteiger partial charge on any atom is -0.271 e. The van der Waals surface area contributed by atoms with Gasteiger partial charge < -0.3 is 0 Å². The molecule has 0 unspecified atom stereocenters. The van der Waals surface area contributed by atoms with Gasteiger partial charge in [-0.3, -0.25) is 4.99 Å². The first kappa shape index (κ1) is 8.00. The zero-order chi connectivity index (χ0) is 9.15. The second-order valence-corrected chi connectivity index (χ2v) is 3.31. The average Bonchev–Trinajstić information content (AvgIpc) is 2.97. The number of nitriles is 1. The molecule has 0 spiro atoms. The van der Waals surface area contributed by atoms with Gasteiger partial charge in [0.15, 0.2) is 0 Å². The van der Waals surface area contributed by atoms with Crippen LogP contribution in [0.1, 0.15) is 18.4 Å². The van der Waals surface area contributed by atoms with Crippen LogP contribution in [0.25, 0.3) is 0 Å². The van der Waals surface area contributed by atoms with E-state index in [0.717, 1.165) is 18.4 Å². The van der Waals surface area contributed by atoms with Gasteiger partial charge in [-0.15, -0.1) is 0 Å². The maximum Gasteiger partial charge on any atom is 0.147 e. The lowest BCUT2D eigenvalue weighted by molar-refractivity contribution is 0.879. The molecule has 0 atom stereocenters. The minimum absolute atomic E-state index is 0.379. The Hall–Kier alpha value is -1.62. The molecule has 13 heavy (non-hydrogen) atoms. The average molecular weight is 170 g/mol. The summed E-state index contributed by atoms with van der Waals surface area (Å²) in [5, 5.41) is 8.77. The summed E-state index contributed by atoms with van der Waals surface area (Å²) in [6, 6.07) is 12.1. The largest absolute Gasteiger partial charge is 0.271 e. The molecule has 0 N–H and O–H groups in total. The van der Waals surface area contributed by atoms with E-state index in [4.69, 9.17) is 5.26 Å². The first-order valence-electron chi connectivity index (χ1n) is 4.36. The van der Waals surface area contributed by atoms with Crippen LogP contribution < -0.4 is 0 Å². The fraction of sp³-hybridized carbons (Fsp3) is 0.273. The summed E-state index contributed by atoms with van der Waals surface area (Å²) >= 11 is 0. The zero-order valence-electron chi connectivity index (χ0n) is 7.27. The molecule has 0 radical (unpaired) electrons. The normalized spacial score (nSPS) is 18.4. The lowest BCUT2D eigenvalue weighted by Crippen LogP contribution is -1.99. The summed E-state index contributed by atoms with van der Waals surface area (Å²) in [5.74, 6) is 0. The molecule has 1 aliphatic carbocycles. The molecule has 2 heteroatoms. The van der Waals surface area contributed by atoms with E-state index in [1.807, 2.05) is 30.3 Å². The highest BCUT2D eigenvalue weighted by Gasteiger charge is 2.42. The smallest absolute Gasteiger partial charge is 0.147 e. The molecule has 2 rings (SSSR count). The first-order chi connectivity index (χ1) is 6.35. The van der Waals surface area contributed by atoms with Crippen LogP contribution in [0.15, 0.2) is 35.3 Å². The second kappa shape index (κ2) is 3.02. The van der Waals surface area contributed by atoms with Gasteiger partial charge in [-0.2, -0.15) is 5.26 Å². The van der Waals surface area contributed by atoms with Gasteiger partial charge in [-0.05, 0) is 18.4 Å². The van der Waals surface area contributed by atoms with E-state index >= 15 is 0 Å². The summed E-state index contributed by atoms with van der Waals surface area (Å²) in [5.41, 5.74) is 0.680. The highest BCUT2D eigenvalue weighted by Crippen LogP contribution is 2.38.